The molecule has 0 atom stereocenters. The molecule has 2 rings (SSSR count). The first-order valence-electron chi connectivity index (χ1n) is 4.05. The van der Waals surface area contributed by atoms with Crippen molar-refractivity contribution in [1.29, 1.82) is 0 Å². The molecule has 0 aromatic carbocycles. The zero-order valence-electron chi connectivity index (χ0n) is 6.45. The SMILES string of the molecule is c1csc(CSCC2CC2)c1. The molecule has 0 amide bonds. The summed E-state index contributed by atoms with van der Waals surface area (Å²) in [6.45, 7) is 0. The van der Waals surface area contributed by atoms with Crippen LogP contribution >= 0.6 is 23.1 Å². The van der Waals surface area contributed by atoms with Crippen molar-refractivity contribution in [2.24, 2.45) is 5.92 Å². The largest absolute Gasteiger partial charge is 0.156 e. The van der Waals surface area contributed by atoms with Crippen LogP contribution in [0.2, 0.25) is 0 Å². The van der Waals surface area contributed by atoms with E-state index in [0.29, 0.717) is 0 Å². The van der Waals surface area contributed by atoms with E-state index in [1.165, 1.54) is 29.2 Å². The van der Waals surface area contributed by atoms with Gasteiger partial charge in [0, 0.05) is 10.6 Å². The highest BCUT2D eigenvalue weighted by Crippen LogP contribution is 2.33. The van der Waals surface area contributed by atoms with E-state index in [0.717, 1.165) is 5.92 Å². The predicted molar refractivity (Wildman–Crippen MR) is 53.2 cm³/mol. The van der Waals surface area contributed by atoms with E-state index in [-0.39, 0.29) is 0 Å². The minimum absolute atomic E-state index is 1.07. The van der Waals surface area contributed by atoms with Crippen molar-refractivity contribution in [3.63, 3.8) is 0 Å². The quantitative estimate of drug-likeness (QED) is 0.691. The Kier molecular flexibility index (Phi) is 2.54. The van der Waals surface area contributed by atoms with Gasteiger partial charge in [-0.25, -0.2) is 0 Å². The van der Waals surface area contributed by atoms with E-state index in [1.54, 1.807) is 0 Å². The van der Waals surface area contributed by atoms with E-state index in [4.69, 9.17) is 0 Å². The summed E-state index contributed by atoms with van der Waals surface area (Å²) in [6, 6.07) is 4.36. The Bertz CT molecular complexity index is 199. The van der Waals surface area contributed by atoms with Crippen molar-refractivity contribution in [3.8, 4) is 0 Å². The summed E-state index contributed by atoms with van der Waals surface area (Å²) in [5, 5.41) is 2.16. The van der Waals surface area contributed by atoms with E-state index in [2.05, 4.69) is 29.3 Å². The van der Waals surface area contributed by atoms with Crippen molar-refractivity contribution in [3.05, 3.63) is 22.4 Å². The first kappa shape index (κ1) is 7.69. The lowest BCUT2D eigenvalue weighted by molar-refractivity contribution is 1.000. The maximum Gasteiger partial charge on any atom is 0.0279 e. The number of thioether (sulfide) groups is 1. The van der Waals surface area contributed by atoms with Crippen LogP contribution in [0.3, 0.4) is 0 Å². The van der Waals surface area contributed by atoms with Crippen molar-refractivity contribution in [2.75, 3.05) is 5.75 Å². The molecule has 1 aromatic heterocycles. The third-order valence-electron chi connectivity index (χ3n) is 1.87. The molecule has 1 saturated carbocycles. The molecule has 0 N–H and O–H groups in total. The van der Waals surface area contributed by atoms with Crippen molar-refractivity contribution >= 4 is 23.1 Å². The normalized spacial score (nSPS) is 17.1. The van der Waals surface area contributed by atoms with Gasteiger partial charge in [0.05, 0.1) is 0 Å². The fourth-order valence-corrected chi connectivity index (χ4v) is 3.10. The van der Waals surface area contributed by atoms with Crippen LogP contribution in [0, 0.1) is 5.92 Å². The van der Waals surface area contributed by atoms with Gasteiger partial charge in [-0.3, -0.25) is 0 Å². The van der Waals surface area contributed by atoms with E-state index in [1.807, 2.05) is 11.3 Å². The fraction of sp³-hybridized carbons (Fsp3) is 0.556. The van der Waals surface area contributed by atoms with Crippen molar-refractivity contribution in [1.82, 2.24) is 0 Å². The van der Waals surface area contributed by atoms with Crippen LogP contribution in [0.15, 0.2) is 17.5 Å². The molecule has 0 saturated heterocycles. The summed E-state index contributed by atoms with van der Waals surface area (Å²) in [5.74, 6) is 3.69. The molecule has 0 bridgehead atoms. The van der Waals surface area contributed by atoms with Gasteiger partial charge < -0.3 is 0 Å². The molecule has 1 heterocycles. The number of thiophene rings is 1. The summed E-state index contributed by atoms with van der Waals surface area (Å²) in [5.41, 5.74) is 0. The van der Waals surface area contributed by atoms with Crippen LogP contribution in [-0.4, -0.2) is 5.75 Å². The highest BCUT2D eigenvalue weighted by molar-refractivity contribution is 7.98. The molecule has 0 aliphatic heterocycles. The Morgan fingerprint density at radius 2 is 2.45 bits per heavy atom. The molecule has 1 fully saturated rings. The third-order valence-corrected chi connectivity index (χ3v) is 4.16. The first-order valence-corrected chi connectivity index (χ1v) is 6.09. The Morgan fingerprint density at radius 3 is 3.09 bits per heavy atom. The lowest BCUT2D eigenvalue weighted by Crippen LogP contribution is -1.80. The fourth-order valence-electron chi connectivity index (χ4n) is 1.01. The van der Waals surface area contributed by atoms with Gasteiger partial charge in [0.15, 0.2) is 0 Å². The predicted octanol–water partition coefficient (Wildman–Crippen LogP) is 3.39. The second kappa shape index (κ2) is 3.63. The maximum atomic E-state index is 2.23. The first-order chi connectivity index (χ1) is 5.45. The Morgan fingerprint density at radius 1 is 1.55 bits per heavy atom. The minimum Gasteiger partial charge on any atom is -0.156 e. The molecular formula is C9H12S2. The molecule has 1 aliphatic rings. The molecule has 0 radical (unpaired) electrons. The molecule has 2 heteroatoms. The van der Waals surface area contributed by atoms with Gasteiger partial charge >= 0.3 is 0 Å². The maximum absolute atomic E-state index is 2.23. The topological polar surface area (TPSA) is 0 Å². The molecule has 60 valence electrons. The minimum atomic E-state index is 1.07. The molecular weight excluding hydrogens is 172 g/mol. The highest BCUT2D eigenvalue weighted by atomic mass is 32.2. The lowest BCUT2D eigenvalue weighted by Gasteiger charge is -1.95. The van der Waals surface area contributed by atoms with Crippen LogP contribution in [0.25, 0.3) is 0 Å². The summed E-state index contributed by atoms with van der Waals surface area (Å²) in [6.07, 6.45) is 2.97. The van der Waals surface area contributed by atoms with Gasteiger partial charge in [-0.1, -0.05) is 6.07 Å². The smallest absolute Gasteiger partial charge is 0.0279 e. The number of hydrogen-bond donors (Lipinski definition) is 0. The van der Waals surface area contributed by atoms with Crippen LogP contribution in [0.5, 0.6) is 0 Å². The molecule has 11 heavy (non-hydrogen) atoms. The molecule has 0 unspecified atom stereocenters. The Hall–Kier alpha value is 0.0500. The average molecular weight is 184 g/mol. The van der Waals surface area contributed by atoms with Crippen molar-refractivity contribution in [2.45, 2.75) is 18.6 Å². The second-order valence-corrected chi connectivity index (χ2v) is 5.10. The van der Waals surface area contributed by atoms with Crippen LogP contribution in [0.1, 0.15) is 17.7 Å². The van der Waals surface area contributed by atoms with Gasteiger partial charge in [0.1, 0.15) is 0 Å². The van der Waals surface area contributed by atoms with Crippen LogP contribution in [-0.2, 0) is 5.75 Å². The van der Waals surface area contributed by atoms with Gasteiger partial charge in [0.25, 0.3) is 0 Å². The van der Waals surface area contributed by atoms with Gasteiger partial charge in [0.2, 0.25) is 0 Å². The standard InChI is InChI=1S/C9H12S2/c1-2-9(11-5-1)7-10-6-8-3-4-8/h1-2,5,8H,3-4,6-7H2. The van der Waals surface area contributed by atoms with Crippen molar-refractivity contribution < 1.29 is 0 Å². The van der Waals surface area contributed by atoms with Gasteiger partial charge in [-0.15, -0.1) is 11.3 Å². The average Bonchev–Trinajstić information content (AvgIpc) is 2.66. The highest BCUT2D eigenvalue weighted by Gasteiger charge is 2.20. The third kappa shape index (κ3) is 2.53. The van der Waals surface area contributed by atoms with E-state index in [9.17, 15) is 0 Å². The number of rotatable bonds is 4. The van der Waals surface area contributed by atoms with Crippen LogP contribution in [0.4, 0.5) is 0 Å². The number of hydrogen-bond acceptors (Lipinski definition) is 2. The summed E-state index contributed by atoms with van der Waals surface area (Å²) < 4.78 is 0. The summed E-state index contributed by atoms with van der Waals surface area (Å²) in [4.78, 5) is 1.52. The summed E-state index contributed by atoms with van der Waals surface area (Å²) >= 11 is 3.97. The second-order valence-electron chi connectivity index (χ2n) is 3.04. The zero-order valence-corrected chi connectivity index (χ0v) is 8.09. The van der Waals surface area contributed by atoms with Gasteiger partial charge in [-0.2, -0.15) is 11.8 Å². The van der Waals surface area contributed by atoms with Crippen LogP contribution < -0.4 is 0 Å². The lowest BCUT2D eigenvalue weighted by atomic mass is 10.5. The van der Waals surface area contributed by atoms with E-state index < -0.39 is 0 Å². The zero-order chi connectivity index (χ0) is 7.52. The molecule has 0 spiro atoms. The monoisotopic (exact) mass is 184 g/mol. The molecule has 0 nitrogen and oxygen atoms in total. The van der Waals surface area contributed by atoms with E-state index >= 15 is 0 Å². The Labute approximate surface area is 76.0 Å². The molecule has 1 aromatic rings. The Balaban J connectivity index is 1.66. The molecule has 1 aliphatic carbocycles. The van der Waals surface area contributed by atoms with Gasteiger partial charge in [-0.05, 0) is 36.0 Å². The summed E-state index contributed by atoms with van der Waals surface area (Å²) in [7, 11) is 0.